The summed E-state index contributed by atoms with van der Waals surface area (Å²) < 4.78 is 36.9. The SMILES string of the molecule is FC(F)(F)c1ccc(CNc2cscn2)cc1. The Morgan fingerprint density at radius 2 is 1.88 bits per heavy atom. The van der Waals surface area contributed by atoms with E-state index in [1.54, 1.807) is 5.51 Å². The molecule has 90 valence electrons. The first-order valence-corrected chi connectivity index (χ1v) is 5.78. The third kappa shape index (κ3) is 3.20. The highest BCUT2D eigenvalue weighted by Crippen LogP contribution is 2.29. The van der Waals surface area contributed by atoms with Gasteiger partial charge in [0.05, 0.1) is 11.1 Å². The minimum atomic E-state index is -4.28. The van der Waals surface area contributed by atoms with Gasteiger partial charge in [-0.15, -0.1) is 11.3 Å². The molecule has 1 N–H and O–H groups in total. The van der Waals surface area contributed by atoms with Crippen molar-refractivity contribution in [2.45, 2.75) is 12.7 Å². The van der Waals surface area contributed by atoms with Gasteiger partial charge in [-0.25, -0.2) is 4.98 Å². The van der Waals surface area contributed by atoms with Crippen LogP contribution in [0.5, 0.6) is 0 Å². The molecule has 0 radical (unpaired) electrons. The number of nitrogens with zero attached hydrogens (tertiary/aromatic N) is 1. The van der Waals surface area contributed by atoms with E-state index < -0.39 is 11.7 Å². The van der Waals surface area contributed by atoms with E-state index in [1.807, 2.05) is 5.38 Å². The third-order valence-electron chi connectivity index (χ3n) is 2.19. The van der Waals surface area contributed by atoms with Crippen LogP contribution in [0.1, 0.15) is 11.1 Å². The van der Waals surface area contributed by atoms with Crippen molar-refractivity contribution >= 4 is 17.2 Å². The lowest BCUT2D eigenvalue weighted by Gasteiger charge is -2.08. The summed E-state index contributed by atoms with van der Waals surface area (Å²) in [6, 6.07) is 5.08. The smallest absolute Gasteiger partial charge is 0.365 e. The molecule has 2 aromatic rings. The summed E-state index contributed by atoms with van der Waals surface area (Å²) in [6.07, 6.45) is -4.28. The highest BCUT2D eigenvalue weighted by Gasteiger charge is 2.29. The summed E-state index contributed by atoms with van der Waals surface area (Å²) in [4.78, 5) is 4.02. The van der Waals surface area contributed by atoms with E-state index in [1.165, 1.54) is 23.5 Å². The Morgan fingerprint density at radius 1 is 1.18 bits per heavy atom. The minimum Gasteiger partial charge on any atom is -0.365 e. The molecule has 0 saturated carbocycles. The molecule has 0 aliphatic rings. The number of rotatable bonds is 3. The van der Waals surface area contributed by atoms with Crippen LogP contribution in [-0.4, -0.2) is 4.98 Å². The van der Waals surface area contributed by atoms with Gasteiger partial charge in [-0.1, -0.05) is 12.1 Å². The summed E-state index contributed by atoms with van der Waals surface area (Å²) in [5.74, 6) is 0.731. The maximum absolute atomic E-state index is 12.3. The van der Waals surface area contributed by atoms with Gasteiger partial charge in [0, 0.05) is 11.9 Å². The average Bonchev–Trinajstić information content (AvgIpc) is 2.78. The summed E-state index contributed by atoms with van der Waals surface area (Å²) in [7, 11) is 0. The Morgan fingerprint density at radius 3 is 2.41 bits per heavy atom. The number of hydrogen-bond donors (Lipinski definition) is 1. The molecule has 1 aromatic heterocycles. The summed E-state index contributed by atoms with van der Waals surface area (Å²) in [5.41, 5.74) is 1.84. The molecule has 0 fully saturated rings. The Labute approximate surface area is 100 Å². The van der Waals surface area contributed by atoms with Crippen molar-refractivity contribution in [1.82, 2.24) is 4.98 Å². The van der Waals surface area contributed by atoms with Gasteiger partial charge in [0.1, 0.15) is 5.82 Å². The van der Waals surface area contributed by atoms with Crippen LogP contribution in [0.25, 0.3) is 0 Å². The van der Waals surface area contributed by atoms with Crippen molar-refractivity contribution in [3.8, 4) is 0 Å². The Kier molecular flexibility index (Phi) is 3.33. The van der Waals surface area contributed by atoms with Gasteiger partial charge in [0.15, 0.2) is 0 Å². The van der Waals surface area contributed by atoms with Gasteiger partial charge in [-0.3, -0.25) is 0 Å². The molecule has 1 heterocycles. The van der Waals surface area contributed by atoms with Crippen LogP contribution in [0, 0.1) is 0 Å². The molecule has 0 bridgehead atoms. The molecule has 0 unspecified atom stereocenters. The topological polar surface area (TPSA) is 24.9 Å². The van der Waals surface area contributed by atoms with E-state index in [4.69, 9.17) is 0 Å². The van der Waals surface area contributed by atoms with Crippen molar-refractivity contribution in [3.05, 3.63) is 46.3 Å². The van der Waals surface area contributed by atoms with E-state index in [2.05, 4.69) is 10.3 Å². The molecule has 6 heteroatoms. The number of hydrogen-bond acceptors (Lipinski definition) is 3. The second kappa shape index (κ2) is 4.75. The quantitative estimate of drug-likeness (QED) is 0.906. The predicted molar refractivity (Wildman–Crippen MR) is 60.9 cm³/mol. The van der Waals surface area contributed by atoms with Gasteiger partial charge in [-0.05, 0) is 17.7 Å². The minimum absolute atomic E-state index is 0.460. The number of aromatic nitrogens is 1. The van der Waals surface area contributed by atoms with E-state index in [0.717, 1.165) is 23.5 Å². The van der Waals surface area contributed by atoms with Gasteiger partial charge in [0.25, 0.3) is 0 Å². The Balaban J connectivity index is 1.99. The second-order valence-corrected chi connectivity index (χ2v) is 4.14. The van der Waals surface area contributed by atoms with Gasteiger partial charge < -0.3 is 5.32 Å². The molecular formula is C11H9F3N2S. The van der Waals surface area contributed by atoms with Gasteiger partial charge in [-0.2, -0.15) is 13.2 Å². The molecule has 0 spiro atoms. The molecule has 17 heavy (non-hydrogen) atoms. The monoisotopic (exact) mass is 258 g/mol. The molecule has 0 amide bonds. The fourth-order valence-corrected chi connectivity index (χ4v) is 1.81. The van der Waals surface area contributed by atoms with Crippen LogP contribution < -0.4 is 5.32 Å². The zero-order valence-electron chi connectivity index (χ0n) is 8.66. The summed E-state index contributed by atoms with van der Waals surface area (Å²) in [5, 5.41) is 4.85. The maximum atomic E-state index is 12.3. The van der Waals surface area contributed by atoms with E-state index in [9.17, 15) is 13.2 Å². The molecule has 0 aliphatic heterocycles. The highest BCUT2D eigenvalue weighted by molar-refractivity contribution is 7.07. The average molecular weight is 258 g/mol. The fraction of sp³-hybridized carbons (Fsp3) is 0.182. The van der Waals surface area contributed by atoms with Crippen LogP contribution in [-0.2, 0) is 12.7 Å². The highest BCUT2D eigenvalue weighted by atomic mass is 32.1. The zero-order chi connectivity index (χ0) is 12.3. The first kappa shape index (κ1) is 11.9. The van der Waals surface area contributed by atoms with E-state index in [0.29, 0.717) is 6.54 Å². The summed E-state index contributed by atoms with van der Waals surface area (Å²) >= 11 is 1.46. The van der Waals surface area contributed by atoms with Crippen LogP contribution in [0.3, 0.4) is 0 Å². The van der Waals surface area contributed by atoms with Crippen molar-refractivity contribution in [2.24, 2.45) is 0 Å². The molecule has 2 rings (SSSR count). The lowest BCUT2D eigenvalue weighted by molar-refractivity contribution is -0.137. The zero-order valence-corrected chi connectivity index (χ0v) is 9.48. The predicted octanol–water partition coefficient (Wildman–Crippen LogP) is 3.77. The maximum Gasteiger partial charge on any atom is 0.416 e. The number of nitrogens with one attached hydrogen (secondary N) is 1. The number of halogens is 3. The number of alkyl halides is 3. The largest absolute Gasteiger partial charge is 0.416 e. The lowest BCUT2D eigenvalue weighted by Crippen LogP contribution is -2.05. The van der Waals surface area contributed by atoms with Crippen molar-refractivity contribution < 1.29 is 13.2 Å². The normalized spacial score (nSPS) is 11.5. The van der Waals surface area contributed by atoms with Crippen molar-refractivity contribution in [3.63, 3.8) is 0 Å². The van der Waals surface area contributed by atoms with Crippen LogP contribution in [0.2, 0.25) is 0 Å². The van der Waals surface area contributed by atoms with Crippen LogP contribution in [0.15, 0.2) is 35.2 Å². The molecule has 2 nitrogen and oxygen atoms in total. The fourth-order valence-electron chi connectivity index (χ4n) is 1.30. The van der Waals surface area contributed by atoms with Crippen molar-refractivity contribution in [1.29, 1.82) is 0 Å². The molecular weight excluding hydrogens is 249 g/mol. The van der Waals surface area contributed by atoms with Crippen LogP contribution >= 0.6 is 11.3 Å². The molecule has 0 atom stereocenters. The first-order chi connectivity index (χ1) is 8.05. The Hall–Kier alpha value is -1.56. The van der Waals surface area contributed by atoms with E-state index in [-0.39, 0.29) is 0 Å². The van der Waals surface area contributed by atoms with Gasteiger partial charge >= 0.3 is 6.18 Å². The molecule has 1 aromatic carbocycles. The summed E-state index contributed by atoms with van der Waals surface area (Å²) in [6.45, 7) is 0.460. The third-order valence-corrected chi connectivity index (χ3v) is 2.77. The number of thiazole rings is 1. The Bertz CT molecular complexity index is 462. The van der Waals surface area contributed by atoms with Gasteiger partial charge in [0.2, 0.25) is 0 Å². The number of benzene rings is 1. The number of anilines is 1. The van der Waals surface area contributed by atoms with Crippen LogP contribution in [0.4, 0.5) is 19.0 Å². The molecule has 0 saturated heterocycles. The van der Waals surface area contributed by atoms with Crippen molar-refractivity contribution in [2.75, 3.05) is 5.32 Å². The molecule has 0 aliphatic carbocycles. The van der Waals surface area contributed by atoms with E-state index >= 15 is 0 Å². The lowest BCUT2D eigenvalue weighted by atomic mass is 10.1. The second-order valence-electron chi connectivity index (χ2n) is 3.42. The standard InChI is InChI=1S/C11H9F3N2S/c12-11(13,14)9-3-1-8(2-4-9)5-15-10-6-17-7-16-10/h1-4,6-7,15H,5H2. The first-order valence-electron chi connectivity index (χ1n) is 4.84.